The number of rotatable bonds is 6. The highest BCUT2D eigenvalue weighted by Gasteiger charge is 1.98. The number of hydrogen-bond acceptors (Lipinski definition) is 3. The standard InChI is InChI=1S/C13H20N2O/c1-10(14)4-3-9-15-13-7-5-12(6-8-13)11(2)16/h5-8,10,15H,3-4,9,14H2,1-2H3. The van der Waals surface area contributed by atoms with Crippen LogP contribution in [-0.2, 0) is 0 Å². The van der Waals surface area contributed by atoms with Gasteiger partial charge in [-0.2, -0.15) is 0 Å². The van der Waals surface area contributed by atoms with E-state index in [2.05, 4.69) is 5.32 Å². The lowest BCUT2D eigenvalue weighted by molar-refractivity contribution is 0.101. The van der Waals surface area contributed by atoms with Gasteiger partial charge in [0.1, 0.15) is 0 Å². The highest BCUT2D eigenvalue weighted by molar-refractivity contribution is 5.94. The molecule has 0 aliphatic carbocycles. The van der Waals surface area contributed by atoms with Gasteiger partial charge >= 0.3 is 0 Å². The first kappa shape index (κ1) is 12.7. The SMILES string of the molecule is CC(=O)c1ccc(NCCCC(C)N)cc1. The fourth-order valence-electron chi connectivity index (χ4n) is 1.48. The Morgan fingerprint density at radius 1 is 1.38 bits per heavy atom. The first-order chi connectivity index (χ1) is 7.59. The molecule has 0 aliphatic rings. The molecule has 1 atom stereocenters. The van der Waals surface area contributed by atoms with Crippen molar-refractivity contribution < 1.29 is 4.79 Å². The lowest BCUT2D eigenvalue weighted by atomic mass is 10.1. The Morgan fingerprint density at radius 3 is 2.50 bits per heavy atom. The smallest absolute Gasteiger partial charge is 0.159 e. The number of Topliss-reactive ketones (excluding diaryl/α,β-unsaturated/α-hetero) is 1. The third kappa shape index (κ3) is 4.45. The highest BCUT2D eigenvalue weighted by Crippen LogP contribution is 2.10. The first-order valence-electron chi connectivity index (χ1n) is 5.70. The molecular formula is C13H20N2O. The van der Waals surface area contributed by atoms with E-state index < -0.39 is 0 Å². The van der Waals surface area contributed by atoms with Gasteiger partial charge in [-0.25, -0.2) is 0 Å². The van der Waals surface area contributed by atoms with Gasteiger partial charge in [-0.3, -0.25) is 4.79 Å². The van der Waals surface area contributed by atoms with Crippen molar-refractivity contribution in [2.45, 2.75) is 32.7 Å². The number of benzene rings is 1. The Labute approximate surface area is 97.0 Å². The van der Waals surface area contributed by atoms with E-state index in [9.17, 15) is 4.79 Å². The van der Waals surface area contributed by atoms with E-state index in [0.29, 0.717) is 0 Å². The molecule has 88 valence electrons. The molecule has 0 saturated carbocycles. The predicted molar refractivity (Wildman–Crippen MR) is 67.8 cm³/mol. The minimum atomic E-state index is 0.100. The van der Waals surface area contributed by atoms with E-state index in [0.717, 1.165) is 30.6 Å². The second kappa shape index (κ2) is 6.28. The maximum Gasteiger partial charge on any atom is 0.159 e. The van der Waals surface area contributed by atoms with Crippen molar-refractivity contribution in [3.63, 3.8) is 0 Å². The van der Waals surface area contributed by atoms with Crippen LogP contribution in [0.2, 0.25) is 0 Å². The van der Waals surface area contributed by atoms with Crippen LogP contribution in [0.1, 0.15) is 37.0 Å². The highest BCUT2D eigenvalue weighted by atomic mass is 16.1. The number of anilines is 1. The zero-order valence-corrected chi connectivity index (χ0v) is 9.99. The second-order valence-corrected chi connectivity index (χ2v) is 4.18. The van der Waals surface area contributed by atoms with Gasteiger partial charge in [-0.05, 0) is 51.0 Å². The molecule has 3 N–H and O–H groups in total. The van der Waals surface area contributed by atoms with Gasteiger partial charge in [-0.1, -0.05) is 0 Å². The van der Waals surface area contributed by atoms with Crippen LogP contribution < -0.4 is 11.1 Å². The fraction of sp³-hybridized carbons (Fsp3) is 0.462. The van der Waals surface area contributed by atoms with Crippen molar-refractivity contribution in [2.75, 3.05) is 11.9 Å². The summed E-state index contributed by atoms with van der Waals surface area (Å²) in [4.78, 5) is 11.1. The molecule has 1 aromatic rings. The van der Waals surface area contributed by atoms with Crippen LogP contribution in [0.25, 0.3) is 0 Å². The summed E-state index contributed by atoms with van der Waals surface area (Å²) in [6.07, 6.45) is 2.09. The zero-order chi connectivity index (χ0) is 12.0. The molecule has 0 radical (unpaired) electrons. The maximum atomic E-state index is 11.1. The summed E-state index contributed by atoms with van der Waals surface area (Å²) < 4.78 is 0. The molecule has 0 saturated heterocycles. The van der Waals surface area contributed by atoms with Gasteiger partial charge in [-0.15, -0.1) is 0 Å². The summed E-state index contributed by atoms with van der Waals surface area (Å²) in [5, 5.41) is 3.30. The largest absolute Gasteiger partial charge is 0.385 e. The molecule has 0 aromatic heterocycles. The summed E-state index contributed by atoms with van der Waals surface area (Å²) in [5.74, 6) is 0.100. The molecule has 0 aliphatic heterocycles. The summed E-state index contributed by atoms with van der Waals surface area (Å²) >= 11 is 0. The van der Waals surface area contributed by atoms with Gasteiger partial charge in [0.2, 0.25) is 0 Å². The van der Waals surface area contributed by atoms with Crippen LogP contribution in [0, 0.1) is 0 Å². The average molecular weight is 220 g/mol. The van der Waals surface area contributed by atoms with Crippen molar-refractivity contribution in [3.05, 3.63) is 29.8 Å². The average Bonchev–Trinajstić information content (AvgIpc) is 2.25. The summed E-state index contributed by atoms with van der Waals surface area (Å²) in [7, 11) is 0. The van der Waals surface area contributed by atoms with Crippen molar-refractivity contribution >= 4 is 11.5 Å². The topological polar surface area (TPSA) is 55.1 Å². The molecule has 0 spiro atoms. The lowest BCUT2D eigenvalue weighted by Gasteiger charge is -2.08. The minimum Gasteiger partial charge on any atom is -0.385 e. The molecule has 0 amide bonds. The summed E-state index contributed by atoms with van der Waals surface area (Å²) in [6, 6.07) is 7.82. The molecule has 0 fully saturated rings. The van der Waals surface area contributed by atoms with Gasteiger partial charge in [0.15, 0.2) is 5.78 Å². The van der Waals surface area contributed by atoms with E-state index >= 15 is 0 Å². The van der Waals surface area contributed by atoms with Gasteiger partial charge in [0, 0.05) is 23.8 Å². The predicted octanol–water partition coefficient (Wildman–Crippen LogP) is 2.43. The van der Waals surface area contributed by atoms with Crippen molar-refractivity contribution in [2.24, 2.45) is 5.73 Å². The molecule has 1 aromatic carbocycles. The van der Waals surface area contributed by atoms with Gasteiger partial charge in [0.25, 0.3) is 0 Å². The molecule has 3 heteroatoms. The van der Waals surface area contributed by atoms with Crippen LogP contribution in [0.15, 0.2) is 24.3 Å². The number of hydrogen-bond donors (Lipinski definition) is 2. The normalized spacial score (nSPS) is 12.2. The van der Waals surface area contributed by atoms with Gasteiger partial charge < -0.3 is 11.1 Å². The number of nitrogens with two attached hydrogens (primary N) is 1. The van der Waals surface area contributed by atoms with Crippen molar-refractivity contribution in [1.29, 1.82) is 0 Å². The molecule has 1 rings (SSSR count). The van der Waals surface area contributed by atoms with E-state index in [1.165, 1.54) is 0 Å². The molecule has 0 bridgehead atoms. The Hall–Kier alpha value is -1.35. The first-order valence-corrected chi connectivity index (χ1v) is 5.70. The third-order valence-electron chi connectivity index (χ3n) is 2.46. The Kier molecular flexibility index (Phi) is 4.99. The second-order valence-electron chi connectivity index (χ2n) is 4.18. The minimum absolute atomic E-state index is 0.100. The number of carbonyl (C=O) groups excluding carboxylic acids is 1. The van der Waals surface area contributed by atoms with Crippen LogP contribution >= 0.6 is 0 Å². The van der Waals surface area contributed by atoms with Crippen LogP contribution in [-0.4, -0.2) is 18.4 Å². The van der Waals surface area contributed by atoms with E-state index in [1.54, 1.807) is 6.92 Å². The maximum absolute atomic E-state index is 11.1. The third-order valence-corrected chi connectivity index (χ3v) is 2.46. The number of nitrogens with one attached hydrogen (secondary N) is 1. The van der Waals surface area contributed by atoms with E-state index in [1.807, 2.05) is 31.2 Å². The quantitative estimate of drug-likeness (QED) is 0.572. The van der Waals surface area contributed by atoms with E-state index in [-0.39, 0.29) is 11.8 Å². The van der Waals surface area contributed by atoms with Crippen LogP contribution in [0.3, 0.4) is 0 Å². The summed E-state index contributed by atoms with van der Waals surface area (Å²) in [5.41, 5.74) is 7.46. The molecule has 1 unspecified atom stereocenters. The molecule has 16 heavy (non-hydrogen) atoms. The molecule has 3 nitrogen and oxygen atoms in total. The fourth-order valence-corrected chi connectivity index (χ4v) is 1.48. The molecule has 0 heterocycles. The van der Waals surface area contributed by atoms with Crippen molar-refractivity contribution in [1.82, 2.24) is 0 Å². The van der Waals surface area contributed by atoms with Crippen LogP contribution in [0.4, 0.5) is 5.69 Å². The Morgan fingerprint density at radius 2 is 2.00 bits per heavy atom. The van der Waals surface area contributed by atoms with Crippen LogP contribution in [0.5, 0.6) is 0 Å². The monoisotopic (exact) mass is 220 g/mol. The lowest BCUT2D eigenvalue weighted by Crippen LogP contribution is -2.16. The number of carbonyl (C=O) groups is 1. The Balaban J connectivity index is 2.35. The van der Waals surface area contributed by atoms with E-state index in [4.69, 9.17) is 5.73 Å². The zero-order valence-electron chi connectivity index (χ0n) is 9.99. The summed E-state index contributed by atoms with van der Waals surface area (Å²) in [6.45, 7) is 4.51. The Bertz CT molecular complexity index is 330. The van der Waals surface area contributed by atoms with Gasteiger partial charge in [0.05, 0.1) is 0 Å². The molecular weight excluding hydrogens is 200 g/mol. The van der Waals surface area contributed by atoms with Crippen molar-refractivity contribution in [3.8, 4) is 0 Å². The number of ketones is 1.